The second-order valence-electron chi connectivity index (χ2n) is 1.32. The Morgan fingerprint density at radius 2 is 2.38 bits per heavy atom. The molecule has 0 aromatic rings. The molecule has 0 atom stereocenters. The third kappa shape index (κ3) is 3.64. The second-order valence-corrected chi connectivity index (χ2v) is 1.32. The fraction of sp³-hybridized carbons (Fsp3) is 0.667. The van der Waals surface area contributed by atoms with E-state index in [0.29, 0.717) is 0 Å². The summed E-state index contributed by atoms with van der Waals surface area (Å²) in [6, 6.07) is 0. The predicted molar refractivity (Wildman–Crippen MR) is 29.2 cm³/mol. The van der Waals surface area contributed by atoms with Crippen LogP contribution in [0.4, 0.5) is 0 Å². The minimum Gasteiger partial charge on any atom is -0.560 e. The van der Waals surface area contributed by atoms with Crippen LogP contribution in [0.2, 0.25) is 0 Å². The van der Waals surface area contributed by atoms with Crippen molar-refractivity contribution in [3.8, 4) is 0 Å². The lowest BCUT2D eigenvalue weighted by molar-refractivity contribution is -0.137. The van der Waals surface area contributed by atoms with Crippen LogP contribution < -0.4 is 5.73 Å². The predicted octanol–water partition coefficient (Wildman–Crippen LogP) is -1.63. The van der Waals surface area contributed by atoms with Gasteiger partial charge in [0, 0.05) is 6.67 Å². The van der Waals surface area contributed by atoms with Gasteiger partial charge >= 0.3 is 5.97 Å². The maximum Gasteiger partial charge on any atom is 0.313 e. The second kappa shape index (κ2) is 3.46. The van der Waals surface area contributed by atoms with Crippen LogP contribution in [-0.2, 0) is 4.79 Å². The molecule has 8 heavy (non-hydrogen) atoms. The van der Waals surface area contributed by atoms with E-state index in [9.17, 15) is 4.79 Å². The van der Waals surface area contributed by atoms with Gasteiger partial charge in [0.05, 0.1) is 6.54 Å². The number of aliphatic carboxylic acids is 1. The summed E-state index contributed by atoms with van der Waals surface area (Å²) in [6.07, 6.45) is 0. The van der Waals surface area contributed by atoms with Crippen molar-refractivity contribution in [2.75, 3.05) is 13.2 Å². The van der Waals surface area contributed by atoms with Crippen LogP contribution in [0.15, 0.2) is 0 Å². The maximum atomic E-state index is 9.79. The third-order valence-electron chi connectivity index (χ3n) is 0.573. The monoisotopic (exact) mass is 114 g/mol. The summed E-state index contributed by atoms with van der Waals surface area (Å²) in [6.45, 7) is -0.150. The van der Waals surface area contributed by atoms with Gasteiger partial charge < -0.3 is 23.6 Å². The summed E-state index contributed by atoms with van der Waals surface area (Å²) >= 11 is 0. The highest BCUT2D eigenvalue weighted by Crippen LogP contribution is 1.72. The third-order valence-corrected chi connectivity index (χ3v) is 0.573. The molecule has 0 aliphatic carbocycles. The minimum absolute atomic E-state index is 0.0618. The van der Waals surface area contributed by atoms with Gasteiger partial charge in [0.1, 0.15) is 0 Å². The van der Waals surface area contributed by atoms with Crippen molar-refractivity contribution in [1.29, 1.82) is 0 Å². The van der Waals surface area contributed by atoms with E-state index in [4.69, 9.17) is 18.8 Å². The maximum absolute atomic E-state index is 9.79. The molecule has 0 aliphatic heterocycles. The van der Waals surface area contributed by atoms with E-state index < -0.39 is 5.97 Å². The van der Waals surface area contributed by atoms with Gasteiger partial charge in [0.2, 0.25) is 0 Å². The lowest BCUT2D eigenvalue weighted by atomic mass is 10.3. The molecule has 0 amide bonds. The van der Waals surface area contributed by atoms with Gasteiger partial charge in [-0.3, -0.25) is 4.79 Å². The normalized spacial score (nSPS) is 9.88. The zero-order valence-electron chi connectivity index (χ0n) is 4.37. The molecule has 0 aromatic heterocycles. The lowest BCUT2D eigenvalue weighted by Gasteiger charge is -2.27. The standard InChI is InChI=1S/C3H7BN2O2/c4-6(2-5)1-3(7)8/h1-2,5H2,(H,7,8)/q-1. The molecule has 0 heterocycles. The molecule has 3 N–H and O–H groups in total. The van der Waals surface area contributed by atoms with E-state index >= 15 is 0 Å². The minimum atomic E-state index is -0.974. The van der Waals surface area contributed by atoms with Crippen LogP contribution in [0.1, 0.15) is 0 Å². The van der Waals surface area contributed by atoms with Gasteiger partial charge in [-0.1, -0.05) is 0 Å². The molecule has 45 valence electrons. The van der Waals surface area contributed by atoms with Gasteiger partial charge in [-0.2, -0.15) is 0 Å². The zero-order chi connectivity index (χ0) is 6.57. The average Bonchev–Trinajstić information content (AvgIpc) is 1.65. The Balaban J connectivity index is 3.24. The van der Waals surface area contributed by atoms with Crippen LogP contribution in [0.5, 0.6) is 0 Å². The highest BCUT2D eigenvalue weighted by Gasteiger charge is 1.89. The number of nitrogens with zero attached hydrogens (tertiary/aromatic N) is 1. The highest BCUT2D eigenvalue weighted by atomic mass is 16.4. The number of carboxylic acid groups (broad SMARTS) is 1. The highest BCUT2D eigenvalue weighted by molar-refractivity contribution is 6.05. The summed E-state index contributed by atoms with van der Waals surface area (Å²) in [4.78, 5) is 10.8. The SMILES string of the molecule is [B-]N(CN)CC(=O)O. The van der Waals surface area contributed by atoms with Gasteiger partial charge in [-0.15, -0.1) is 0 Å². The van der Waals surface area contributed by atoms with E-state index in [1.54, 1.807) is 0 Å². The summed E-state index contributed by atoms with van der Waals surface area (Å²) < 4.78 is 0. The Hall–Kier alpha value is -0.545. The molecule has 5 heteroatoms. The van der Waals surface area contributed by atoms with Gasteiger partial charge in [0.25, 0.3) is 0 Å². The van der Waals surface area contributed by atoms with Crippen molar-refractivity contribution in [1.82, 2.24) is 4.81 Å². The van der Waals surface area contributed by atoms with Crippen LogP contribution >= 0.6 is 0 Å². The Bertz CT molecular complexity index is 87.4. The van der Waals surface area contributed by atoms with Crippen molar-refractivity contribution in [3.63, 3.8) is 0 Å². The largest absolute Gasteiger partial charge is 0.560 e. The summed E-state index contributed by atoms with van der Waals surface area (Å²) in [5, 5.41) is 8.04. The number of nitrogens with two attached hydrogens (primary N) is 1. The van der Waals surface area contributed by atoms with Crippen LogP contribution in [0.25, 0.3) is 0 Å². The first kappa shape index (κ1) is 7.45. The van der Waals surface area contributed by atoms with Crippen molar-refractivity contribution in [3.05, 3.63) is 0 Å². The molecule has 0 saturated carbocycles. The molecule has 0 aromatic carbocycles. The van der Waals surface area contributed by atoms with Gasteiger partial charge in [0.15, 0.2) is 0 Å². The quantitative estimate of drug-likeness (QED) is 0.341. The first-order valence-corrected chi connectivity index (χ1v) is 2.08. The molecule has 3 radical (unpaired) electrons. The zero-order valence-corrected chi connectivity index (χ0v) is 4.37. The first-order chi connectivity index (χ1) is 3.66. The van der Waals surface area contributed by atoms with E-state index in [-0.39, 0.29) is 13.2 Å². The average molecular weight is 114 g/mol. The van der Waals surface area contributed by atoms with Gasteiger partial charge in [-0.05, 0) is 0 Å². The molecule has 0 saturated heterocycles. The molecular weight excluding hydrogens is 107 g/mol. The molecule has 0 bridgehead atoms. The summed E-state index contributed by atoms with van der Waals surface area (Å²) in [5.41, 5.74) is 4.96. The Kier molecular flexibility index (Phi) is 3.22. The number of carboxylic acids is 1. The number of hydrogen-bond acceptors (Lipinski definition) is 3. The fourth-order valence-corrected chi connectivity index (χ4v) is 0.238. The summed E-state index contributed by atoms with van der Waals surface area (Å²) in [5.74, 6) is -0.974. The molecule has 0 aliphatic rings. The Labute approximate surface area is 48.7 Å². The Morgan fingerprint density at radius 1 is 1.88 bits per heavy atom. The molecule has 4 nitrogen and oxygen atoms in total. The van der Waals surface area contributed by atoms with Crippen molar-refractivity contribution in [2.24, 2.45) is 5.73 Å². The number of hydrogen-bond donors (Lipinski definition) is 2. The van der Waals surface area contributed by atoms with E-state index in [1.165, 1.54) is 0 Å². The number of rotatable bonds is 3. The molecule has 0 rings (SSSR count). The molecular formula is C3H7BN2O2-. The van der Waals surface area contributed by atoms with Crippen LogP contribution in [-0.4, -0.2) is 37.1 Å². The first-order valence-electron chi connectivity index (χ1n) is 2.08. The van der Waals surface area contributed by atoms with E-state index in [0.717, 1.165) is 4.81 Å². The lowest BCUT2D eigenvalue weighted by Crippen LogP contribution is -2.32. The van der Waals surface area contributed by atoms with Crippen molar-refractivity contribution in [2.45, 2.75) is 0 Å². The molecule has 0 spiro atoms. The van der Waals surface area contributed by atoms with Crippen LogP contribution in [0.3, 0.4) is 0 Å². The summed E-state index contributed by atoms with van der Waals surface area (Å²) in [7, 11) is 5.00. The van der Waals surface area contributed by atoms with E-state index in [2.05, 4.69) is 0 Å². The topological polar surface area (TPSA) is 66.6 Å². The van der Waals surface area contributed by atoms with E-state index in [1.807, 2.05) is 0 Å². The Morgan fingerprint density at radius 3 is 2.50 bits per heavy atom. The van der Waals surface area contributed by atoms with Gasteiger partial charge in [-0.25, -0.2) is 0 Å². The van der Waals surface area contributed by atoms with Crippen LogP contribution in [0, 0.1) is 0 Å². The smallest absolute Gasteiger partial charge is 0.313 e. The number of carbonyl (C=O) groups is 1. The van der Waals surface area contributed by atoms with Crippen molar-refractivity contribution < 1.29 is 9.90 Å². The molecule has 0 fully saturated rings. The van der Waals surface area contributed by atoms with Crippen molar-refractivity contribution >= 4 is 14.0 Å². The fourth-order valence-electron chi connectivity index (χ4n) is 0.238. The molecule has 0 unspecified atom stereocenters.